The van der Waals surface area contributed by atoms with Crippen LogP contribution in [0.4, 0.5) is 11.6 Å². The maximum absolute atomic E-state index is 12.4. The lowest BCUT2D eigenvalue weighted by Crippen LogP contribution is -2.13. The number of carbonyl (C=O) groups excluding carboxylic acids is 1. The molecule has 1 aromatic heterocycles. The number of nitrogens with zero attached hydrogens (tertiary/aromatic N) is 2. The molecule has 2 N–H and O–H groups in total. The van der Waals surface area contributed by atoms with Crippen molar-refractivity contribution in [3.63, 3.8) is 0 Å². The molecule has 0 bridgehead atoms. The van der Waals surface area contributed by atoms with Gasteiger partial charge in [0.05, 0.1) is 5.56 Å². The van der Waals surface area contributed by atoms with Crippen molar-refractivity contribution in [1.82, 2.24) is 9.97 Å². The highest BCUT2D eigenvalue weighted by Gasteiger charge is 2.15. The van der Waals surface area contributed by atoms with Crippen LogP contribution in [-0.4, -0.2) is 22.7 Å². The second-order valence-electron chi connectivity index (χ2n) is 6.16. The Kier molecular flexibility index (Phi) is 4.57. The van der Waals surface area contributed by atoms with Gasteiger partial charge in [-0.25, -0.2) is 9.97 Å². The van der Waals surface area contributed by atoms with Crippen LogP contribution in [0, 0.1) is 6.92 Å². The van der Waals surface area contributed by atoms with Crippen LogP contribution in [0.25, 0.3) is 0 Å². The van der Waals surface area contributed by atoms with Gasteiger partial charge in [-0.1, -0.05) is 29.8 Å². The number of amides is 1. The van der Waals surface area contributed by atoms with Crippen LogP contribution in [0.2, 0.25) is 0 Å². The van der Waals surface area contributed by atoms with E-state index < -0.39 is 0 Å². The van der Waals surface area contributed by atoms with Gasteiger partial charge >= 0.3 is 0 Å². The van der Waals surface area contributed by atoms with Gasteiger partial charge in [-0.15, -0.1) is 0 Å². The van der Waals surface area contributed by atoms with Gasteiger partial charge in [0, 0.05) is 30.7 Å². The predicted octanol–water partition coefficient (Wildman–Crippen LogP) is 3.38. The zero-order valence-corrected chi connectivity index (χ0v) is 14.7. The van der Waals surface area contributed by atoms with E-state index in [1.165, 1.54) is 18.0 Å². The lowest BCUT2D eigenvalue weighted by atomic mass is 10.1. The van der Waals surface area contributed by atoms with Crippen molar-refractivity contribution in [2.75, 3.05) is 17.4 Å². The fourth-order valence-electron chi connectivity index (χ4n) is 2.72. The van der Waals surface area contributed by atoms with Crippen LogP contribution in [0.1, 0.15) is 21.5 Å². The number of carbonyl (C=O) groups is 1. The molecular formula is C20H18N4O3. The summed E-state index contributed by atoms with van der Waals surface area (Å²) in [7, 11) is 0. The number of hydrogen-bond acceptors (Lipinski definition) is 6. The Morgan fingerprint density at radius 3 is 2.70 bits per heavy atom. The summed E-state index contributed by atoms with van der Waals surface area (Å²) in [6.45, 7) is 2.86. The molecule has 136 valence electrons. The number of fused-ring (bicyclic) bond motifs is 1. The zero-order valence-electron chi connectivity index (χ0n) is 14.7. The van der Waals surface area contributed by atoms with E-state index in [0.717, 1.165) is 5.56 Å². The van der Waals surface area contributed by atoms with E-state index >= 15 is 0 Å². The molecule has 0 spiro atoms. The molecule has 4 rings (SSSR count). The highest BCUT2D eigenvalue weighted by atomic mass is 16.7. The van der Waals surface area contributed by atoms with Crippen LogP contribution in [0.3, 0.4) is 0 Å². The van der Waals surface area contributed by atoms with E-state index in [4.69, 9.17) is 9.47 Å². The molecular weight excluding hydrogens is 344 g/mol. The van der Waals surface area contributed by atoms with Gasteiger partial charge in [0.1, 0.15) is 0 Å². The van der Waals surface area contributed by atoms with E-state index in [1.54, 1.807) is 18.2 Å². The molecule has 27 heavy (non-hydrogen) atoms. The molecule has 7 heteroatoms. The molecule has 1 amide bonds. The number of ether oxygens (including phenoxy) is 2. The molecule has 1 aliphatic heterocycles. The minimum atomic E-state index is -0.293. The smallest absolute Gasteiger partial charge is 0.258 e. The molecule has 0 unspecified atom stereocenters. The maximum atomic E-state index is 12.4. The van der Waals surface area contributed by atoms with E-state index in [-0.39, 0.29) is 12.7 Å². The molecule has 2 heterocycles. The third kappa shape index (κ3) is 3.98. The summed E-state index contributed by atoms with van der Waals surface area (Å²) >= 11 is 0. The summed E-state index contributed by atoms with van der Waals surface area (Å²) in [6, 6.07) is 13.4. The highest BCUT2D eigenvalue weighted by molar-refractivity contribution is 6.04. The SMILES string of the molecule is Cc1cccc(CNc2ncc(C(=O)Nc3ccc4c(c3)OCO4)cn2)c1. The first-order valence-electron chi connectivity index (χ1n) is 8.50. The van der Waals surface area contributed by atoms with Crippen molar-refractivity contribution < 1.29 is 14.3 Å². The monoisotopic (exact) mass is 362 g/mol. The van der Waals surface area contributed by atoms with Crippen molar-refractivity contribution in [2.24, 2.45) is 0 Å². The largest absolute Gasteiger partial charge is 0.454 e. The first kappa shape index (κ1) is 16.8. The summed E-state index contributed by atoms with van der Waals surface area (Å²) < 4.78 is 10.6. The quantitative estimate of drug-likeness (QED) is 0.724. The Morgan fingerprint density at radius 2 is 1.89 bits per heavy atom. The van der Waals surface area contributed by atoms with Gasteiger partial charge < -0.3 is 20.1 Å². The van der Waals surface area contributed by atoms with Crippen LogP contribution in [-0.2, 0) is 6.54 Å². The molecule has 1 aliphatic rings. The summed E-state index contributed by atoms with van der Waals surface area (Å²) in [5.41, 5.74) is 3.33. The van der Waals surface area contributed by atoms with Crippen LogP contribution >= 0.6 is 0 Å². The van der Waals surface area contributed by atoms with Crippen molar-refractivity contribution in [3.8, 4) is 11.5 Å². The van der Waals surface area contributed by atoms with Gasteiger partial charge in [0.25, 0.3) is 5.91 Å². The predicted molar refractivity (Wildman–Crippen MR) is 101 cm³/mol. The highest BCUT2D eigenvalue weighted by Crippen LogP contribution is 2.34. The Bertz CT molecular complexity index is 973. The molecule has 0 atom stereocenters. The van der Waals surface area contributed by atoms with E-state index in [9.17, 15) is 4.79 Å². The van der Waals surface area contributed by atoms with Crippen LogP contribution in [0.5, 0.6) is 11.5 Å². The standard InChI is InChI=1S/C20H18N4O3/c1-13-3-2-4-14(7-13)9-21-20-22-10-15(11-23-20)19(25)24-16-5-6-17-18(8-16)27-12-26-17/h2-8,10-11H,9,12H2,1H3,(H,24,25)(H,21,22,23). The molecule has 0 aliphatic carbocycles. The van der Waals surface area contributed by atoms with Gasteiger partial charge in [-0.2, -0.15) is 0 Å². The Balaban J connectivity index is 1.37. The number of nitrogens with one attached hydrogen (secondary N) is 2. The van der Waals surface area contributed by atoms with E-state index in [1.807, 2.05) is 25.1 Å². The Morgan fingerprint density at radius 1 is 1.07 bits per heavy atom. The van der Waals surface area contributed by atoms with Crippen molar-refractivity contribution in [1.29, 1.82) is 0 Å². The molecule has 7 nitrogen and oxygen atoms in total. The average molecular weight is 362 g/mol. The Hall–Kier alpha value is -3.61. The topological polar surface area (TPSA) is 85.4 Å². The number of anilines is 2. The second kappa shape index (κ2) is 7.33. The molecule has 0 saturated carbocycles. The van der Waals surface area contributed by atoms with Crippen LogP contribution in [0.15, 0.2) is 54.9 Å². The van der Waals surface area contributed by atoms with Gasteiger partial charge in [-0.3, -0.25) is 4.79 Å². The molecule has 0 saturated heterocycles. The summed E-state index contributed by atoms with van der Waals surface area (Å²) in [5, 5.41) is 5.94. The molecule has 0 radical (unpaired) electrons. The lowest BCUT2D eigenvalue weighted by Gasteiger charge is -2.08. The lowest BCUT2D eigenvalue weighted by molar-refractivity contribution is 0.102. The third-order valence-electron chi connectivity index (χ3n) is 4.08. The molecule has 0 fully saturated rings. The Labute approximate surface area is 156 Å². The number of hydrogen-bond donors (Lipinski definition) is 2. The van der Waals surface area contributed by atoms with Gasteiger partial charge in [-0.05, 0) is 24.6 Å². The van der Waals surface area contributed by atoms with Gasteiger partial charge in [0.15, 0.2) is 11.5 Å². The minimum absolute atomic E-state index is 0.192. The van der Waals surface area contributed by atoms with Crippen molar-refractivity contribution >= 4 is 17.5 Å². The van der Waals surface area contributed by atoms with E-state index in [2.05, 4.69) is 26.7 Å². The van der Waals surface area contributed by atoms with E-state index in [0.29, 0.717) is 35.2 Å². The van der Waals surface area contributed by atoms with Crippen LogP contribution < -0.4 is 20.1 Å². The summed E-state index contributed by atoms with van der Waals surface area (Å²) in [4.78, 5) is 20.8. The van der Waals surface area contributed by atoms with Crippen molar-refractivity contribution in [3.05, 3.63) is 71.5 Å². The number of rotatable bonds is 5. The number of aryl methyl sites for hydroxylation is 1. The fourth-order valence-corrected chi connectivity index (χ4v) is 2.72. The van der Waals surface area contributed by atoms with Gasteiger partial charge in [0.2, 0.25) is 12.7 Å². The van der Waals surface area contributed by atoms with Crippen molar-refractivity contribution in [2.45, 2.75) is 13.5 Å². The molecule has 2 aromatic carbocycles. The maximum Gasteiger partial charge on any atom is 0.258 e. The summed E-state index contributed by atoms with van der Waals surface area (Å²) in [6.07, 6.45) is 2.99. The third-order valence-corrected chi connectivity index (χ3v) is 4.08. The first-order valence-corrected chi connectivity index (χ1v) is 8.50. The summed E-state index contributed by atoms with van der Waals surface area (Å²) in [5.74, 6) is 1.45. The fraction of sp³-hybridized carbons (Fsp3) is 0.150. The number of benzene rings is 2. The first-order chi connectivity index (χ1) is 13.2. The molecule has 3 aromatic rings. The average Bonchev–Trinajstić information content (AvgIpc) is 3.15. The normalized spacial score (nSPS) is 11.9. The minimum Gasteiger partial charge on any atom is -0.454 e. The second-order valence-corrected chi connectivity index (χ2v) is 6.16. The number of aromatic nitrogens is 2. The zero-order chi connectivity index (χ0) is 18.6.